The molecule has 1 saturated carbocycles. The number of hydrogen-bond donors (Lipinski definition) is 0. The summed E-state index contributed by atoms with van der Waals surface area (Å²) in [6, 6.07) is 54.2. The molecular formula is C60H54N6O3. The Hall–Kier alpha value is -8.04. The van der Waals surface area contributed by atoms with E-state index in [2.05, 4.69) is 57.2 Å². The maximum atomic E-state index is 14.7. The third kappa shape index (κ3) is 8.84. The van der Waals surface area contributed by atoms with Gasteiger partial charge in [-0.05, 0) is 130 Å². The summed E-state index contributed by atoms with van der Waals surface area (Å²) >= 11 is 0. The first kappa shape index (κ1) is 44.8. The van der Waals surface area contributed by atoms with Crippen LogP contribution in [0.2, 0.25) is 0 Å². The Kier molecular flexibility index (Phi) is 12.0. The molecule has 3 aromatic heterocycles. The van der Waals surface area contributed by atoms with E-state index in [0.29, 0.717) is 19.3 Å². The number of amides is 3. The molecule has 0 N–H and O–H groups in total. The van der Waals surface area contributed by atoms with Gasteiger partial charge in [0.25, 0.3) is 0 Å². The van der Waals surface area contributed by atoms with Gasteiger partial charge in [-0.3, -0.25) is 14.4 Å². The van der Waals surface area contributed by atoms with Gasteiger partial charge < -0.3 is 14.7 Å². The molecular weight excluding hydrogens is 853 g/mol. The van der Waals surface area contributed by atoms with Gasteiger partial charge in [-0.2, -0.15) is 0 Å². The van der Waals surface area contributed by atoms with E-state index < -0.39 is 17.8 Å². The van der Waals surface area contributed by atoms with Crippen LogP contribution in [0.5, 0.6) is 0 Å². The molecule has 3 heterocycles. The van der Waals surface area contributed by atoms with Crippen molar-refractivity contribution < 1.29 is 14.4 Å². The fourth-order valence-corrected chi connectivity index (χ4v) is 10.2. The van der Waals surface area contributed by atoms with Gasteiger partial charge in [0, 0.05) is 88.8 Å². The Labute approximate surface area is 403 Å². The van der Waals surface area contributed by atoms with Gasteiger partial charge in [0.1, 0.15) is 0 Å². The van der Waals surface area contributed by atoms with Gasteiger partial charge in [0.2, 0.25) is 17.7 Å². The molecule has 9 heteroatoms. The summed E-state index contributed by atoms with van der Waals surface area (Å²) in [5.41, 5.74) is 13.8. The van der Waals surface area contributed by atoms with Crippen LogP contribution >= 0.6 is 0 Å². The number of fused-ring (bicyclic) bond motifs is 3. The van der Waals surface area contributed by atoms with Crippen LogP contribution in [0.1, 0.15) is 36.0 Å². The lowest BCUT2D eigenvalue weighted by Crippen LogP contribution is -2.46. The number of aromatic nitrogens is 3. The largest absolute Gasteiger partial charge is 0.315 e. The fourth-order valence-electron chi connectivity index (χ4n) is 10.2. The van der Waals surface area contributed by atoms with Crippen molar-refractivity contribution >= 4 is 67.5 Å². The third-order valence-corrected chi connectivity index (χ3v) is 14.2. The van der Waals surface area contributed by atoms with Gasteiger partial charge in [-0.25, -0.2) is 15.0 Å². The van der Waals surface area contributed by atoms with Crippen molar-refractivity contribution in [2.24, 2.45) is 17.8 Å². The minimum Gasteiger partial charge on any atom is -0.315 e. The highest BCUT2D eigenvalue weighted by molar-refractivity contribution is 6.01. The smallest absolute Gasteiger partial charge is 0.229 e. The SMILES string of the molecule is Cc1cc(-c2ccc(N(C)C(=O)C3CC(C(=O)N(C)c4ccc(-c5cc(C)c6ccccc6n5)cc4)CC(C(=O)N(C)c4ccc(-c5cc(C)c6ccccc6n5)cc4)C3)cc2)nc2ccccc12. The van der Waals surface area contributed by atoms with E-state index in [1.54, 1.807) is 35.8 Å². The van der Waals surface area contributed by atoms with E-state index in [-0.39, 0.29) is 17.7 Å². The van der Waals surface area contributed by atoms with E-state index >= 15 is 0 Å². The van der Waals surface area contributed by atoms with E-state index in [1.807, 2.05) is 127 Å². The van der Waals surface area contributed by atoms with Crippen molar-refractivity contribution in [1.82, 2.24) is 15.0 Å². The Balaban J connectivity index is 0.902. The highest BCUT2D eigenvalue weighted by Gasteiger charge is 2.42. The summed E-state index contributed by atoms with van der Waals surface area (Å²) in [5.74, 6) is -2.12. The fraction of sp³-hybridized carbons (Fsp3) is 0.200. The highest BCUT2D eigenvalue weighted by atomic mass is 16.2. The lowest BCUT2D eigenvalue weighted by atomic mass is 9.73. The average molecular weight is 907 g/mol. The second-order valence-electron chi connectivity index (χ2n) is 18.7. The number of benzene rings is 6. The summed E-state index contributed by atoms with van der Waals surface area (Å²) in [4.78, 5) is 63.7. The van der Waals surface area contributed by atoms with Gasteiger partial charge in [0.15, 0.2) is 0 Å². The second kappa shape index (κ2) is 18.6. The number of nitrogens with zero attached hydrogens (tertiary/aromatic N) is 6. The quantitative estimate of drug-likeness (QED) is 0.143. The van der Waals surface area contributed by atoms with E-state index in [4.69, 9.17) is 15.0 Å². The molecule has 0 atom stereocenters. The van der Waals surface area contributed by atoms with Crippen LogP contribution in [-0.4, -0.2) is 53.8 Å². The van der Waals surface area contributed by atoms with Gasteiger partial charge >= 0.3 is 0 Å². The van der Waals surface area contributed by atoms with Crippen molar-refractivity contribution in [1.29, 1.82) is 0 Å². The molecule has 342 valence electrons. The highest BCUT2D eigenvalue weighted by Crippen LogP contribution is 2.39. The summed E-state index contributed by atoms with van der Waals surface area (Å²) in [6.07, 6.45) is 0.969. The number of anilines is 3. The molecule has 0 bridgehead atoms. The van der Waals surface area contributed by atoms with Crippen LogP contribution in [0.15, 0.2) is 164 Å². The molecule has 0 spiro atoms. The first-order chi connectivity index (χ1) is 33.4. The van der Waals surface area contributed by atoms with Crippen molar-refractivity contribution in [3.63, 3.8) is 0 Å². The molecule has 69 heavy (non-hydrogen) atoms. The van der Waals surface area contributed by atoms with Crippen LogP contribution in [0.3, 0.4) is 0 Å². The van der Waals surface area contributed by atoms with E-state index in [9.17, 15) is 14.4 Å². The third-order valence-electron chi connectivity index (χ3n) is 14.2. The molecule has 10 rings (SSSR count). The molecule has 0 unspecified atom stereocenters. The molecule has 1 aliphatic rings. The molecule has 9 nitrogen and oxygen atoms in total. The number of carbonyl (C=O) groups is 3. The number of pyridine rings is 3. The minimum atomic E-state index is -0.577. The van der Waals surface area contributed by atoms with Crippen molar-refractivity contribution in [3.05, 3.63) is 180 Å². The summed E-state index contributed by atoms with van der Waals surface area (Å²) < 4.78 is 0. The predicted octanol–water partition coefficient (Wildman–Crippen LogP) is 12.6. The number of rotatable bonds is 9. The molecule has 9 aromatic rings. The van der Waals surface area contributed by atoms with Crippen molar-refractivity contribution in [2.45, 2.75) is 40.0 Å². The van der Waals surface area contributed by atoms with Crippen LogP contribution < -0.4 is 14.7 Å². The first-order valence-corrected chi connectivity index (χ1v) is 23.6. The lowest BCUT2D eigenvalue weighted by Gasteiger charge is -2.37. The van der Waals surface area contributed by atoms with Crippen LogP contribution in [0, 0.1) is 38.5 Å². The Bertz CT molecular complexity index is 3050. The molecule has 0 saturated heterocycles. The Morgan fingerprint density at radius 1 is 0.377 bits per heavy atom. The van der Waals surface area contributed by atoms with Crippen molar-refractivity contribution in [2.75, 3.05) is 35.8 Å². The molecule has 1 fully saturated rings. The molecule has 3 amide bonds. The summed E-state index contributed by atoms with van der Waals surface area (Å²) in [7, 11) is 5.32. The lowest BCUT2D eigenvalue weighted by molar-refractivity contribution is -0.131. The summed E-state index contributed by atoms with van der Waals surface area (Å²) in [6.45, 7) is 6.27. The number of hydrogen-bond acceptors (Lipinski definition) is 6. The topological polar surface area (TPSA) is 99.6 Å². The standard InChI is InChI=1S/C60H54N6O3/c1-37-31-55(61-52-16-10-7-13-49(37)52)40-19-25-46(26-20-40)64(4)58(67)43-34-44(59(68)65(5)47-27-21-41(22-28-47)56-32-38(2)50-14-8-11-17-53(50)62-56)36-45(35-43)60(69)66(6)48-29-23-42(24-30-48)57-33-39(3)51-15-9-12-18-54(51)63-57/h7-33,43-45H,34-36H2,1-6H3. The summed E-state index contributed by atoms with van der Waals surface area (Å²) in [5, 5.41) is 3.35. The van der Waals surface area contributed by atoms with Gasteiger partial charge in [-0.1, -0.05) is 91.0 Å². The second-order valence-corrected chi connectivity index (χ2v) is 18.7. The molecule has 6 aromatic carbocycles. The van der Waals surface area contributed by atoms with Crippen molar-refractivity contribution in [3.8, 4) is 33.8 Å². The molecule has 1 aliphatic carbocycles. The van der Waals surface area contributed by atoms with Gasteiger partial charge in [-0.15, -0.1) is 0 Å². The first-order valence-electron chi connectivity index (χ1n) is 23.6. The number of para-hydroxylation sites is 3. The number of carbonyl (C=O) groups excluding carboxylic acids is 3. The molecule has 0 aliphatic heterocycles. The van der Waals surface area contributed by atoms with Crippen LogP contribution in [0.4, 0.5) is 17.1 Å². The van der Waals surface area contributed by atoms with Gasteiger partial charge in [0.05, 0.1) is 33.6 Å². The Morgan fingerprint density at radius 3 is 0.884 bits per heavy atom. The number of aryl methyl sites for hydroxylation is 3. The molecule has 0 radical (unpaired) electrons. The maximum absolute atomic E-state index is 14.7. The van der Waals surface area contributed by atoms with Crippen LogP contribution in [0.25, 0.3) is 66.5 Å². The van der Waals surface area contributed by atoms with Crippen LogP contribution in [-0.2, 0) is 14.4 Å². The average Bonchev–Trinajstić information content (AvgIpc) is 3.39. The van der Waals surface area contributed by atoms with E-state index in [1.165, 1.54) is 0 Å². The zero-order valence-electron chi connectivity index (χ0n) is 39.8. The normalized spacial score (nSPS) is 15.8. The zero-order chi connectivity index (χ0) is 47.9. The Morgan fingerprint density at radius 2 is 0.623 bits per heavy atom. The monoisotopic (exact) mass is 906 g/mol. The zero-order valence-corrected chi connectivity index (χ0v) is 39.8. The predicted molar refractivity (Wildman–Crippen MR) is 280 cm³/mol. The van der Waals surface area contributed by atoms with E-state index in [0.717, 1.165) is 100 Å². The minimum absolute atomic E-state index is 0.131. The maximum Gasteiger partial charge on any atom is 0.229 e.